The molecule has 0 atom stereocenters. The number of pyridine rings is 1. The molecule has 1 aromatic heterocycles. The highest BCUT2D eigenvalue weighted by Gasteiger charge is 2.66. The Bertz CT molecular complexity index is 639. The van der Waals surface area contributed by atoms with Gasteiger partial charge < -0.3 is 9.05 Å². The van der Waals surface area contributed by atoms with E-state index >= 15 is 0 Å². The van der Waals surface area contributed by atoms with Crippen LogP contribution in [0.5, 0.6) is 0 Å². The fraction of sp³-hybridized carbons (Fsp3) is 0.538. The van der Waals surface area contributed by atoms with Gasteiger partial charge in [-0.25, -0.2) is 9.98 Å². The second kappa shape index (κ2) is 7.67. The van der Waals surface area contributed by atoms with Crippen LogP contribution in [0.1, 0.15) is 19.5 Å². The first kappa shape index (κ1) is 20.7. The van der Waals surface area contributed by atoms with E-state index in [1.807, 2.05) is 0 Å². The molecular weight excluding hydrogens is 358 g/mol. The molecule has 11 heteroatoms. The Morgan fingerprint density at radius 1 is 1.17 bits per heavy atom. The first-order valence-corrected chi connectivity index (χ1v) is 8.39. The molecule has 0 fully saturated rings. The monoisotopic (exact) mass is 374 g/mol. The molecule has 0 aliphatic heterocycles. The summed E-state index contributed by atoms with van der Waals surface area (Å²) in [6, 6.07) is 3.95. The minimum Gasteiger partial charge on any atom is -0.305 e. The number of hydrogen-bond acceptors (Lipinski definition) is 5. The van der Waals surface area contributed by atoms with E-state index in [9.17, 15) is 26.5 Å². The fourth-order valence-electron chi connectivity index (χ4n) is 1.63. The molecule has 0 N–H and O–H groups in total. The smallest absolute Gasteiger partial charge is 0.305 e. The van der Waals surface area contributed by atoms with Crippen molar-refractivity contribution in [2.24, 2.45) is 4.99 Å². The second-order valence-corrected chi connectivity index (χ2v) is 6.41. The van der Waals surface area contributed by atoms with Crippen molar-refractivity contribution in [2.45, 2.75) is 32.9 Å². The number of halogens is 5. The molecule has 1 aromatic rings. The normalized spacial score (nSPS) is 14.1. The third-order valence-corrected chi connectivity index (χ3v) is 4.68. The van der Waals surface area contributed by atoms with Gasteiger partial charge in [-0.3, -0.25) is 4.57 Å². The van der Waals surface area contributed by atoms with Crippen LogP contribution in [0.25, 0.3) is 0 Å². The van der Waals surface area contributed by atoms with E-state index in [-0.39, 0.29) is 0 Å². The lowest BCUT2D eigenvalue weighted by Crippen LogP contribution is -2.44. The van der Waals surface area contributed by atoms with E-state index in [2.05, 4.69) is 19.0 Å². The maximum absolute atomic E-state index is 13.9. The standard InChI is InChI=1S/C13H16F5N2O3P/c1-4-22-24(21,23-5-2)11(12(14,15)13(16,17)18)20-10-8-6-7-9(3)19-10/h6-8H,4-5H2,1-3H3/b20-11+. The molecule has 1 rings (SSSR count). The number of aryl methyl sites for hydroxylation is 1. The molecule has 0 spiro atoms. The van der Waals surface area contributed by atoms with E-state index in [1.165, 1.54) is 32.9 Å². The molecule has 0 aliphatic rings. The summed E-state index contributed by atoms with van der Waals surface area (Å²) in [5.74, 6) is -5.98. The van der Waals surface area contributed by atoms with Crippen molar-refractivity contribution >= 4 is 18.9 Å². The molecule has 0 bridgehead atoms. The summed E-state index contributed by atoms with van der Waals surface area (Å²) in [7, 11) is -4.99. The average molecular weight is 374 g/mol. The van der Waals surface area contributed by atoms with Crippen LogP contribution in [0, 0.1) is 6.92 Å². The van der Waals surface area contributed by atoms with Gasteiger partial charge in [0.15, 0.2) is 5.82 Å². The number of nitrogens with zero attached hydrogens (tertiary/aromatic N) is 2. The van der Waals surface area contributed by atoms with Gasteiger partial charge in [-0.1, -0.05) is 6.07 Å². The van der Waals surface area contributed by atoms with Crippen molar-refractivity contribution in [3.05, 3.63) is 23.9 Å². The molecule has 24 heavy (non-hydrogen) atoms. The molecule has 0 saturated carbocycles. The molecule has 136 valence electrons. The van der Waals surface area contributed by atoms with Gasteiger partial charge in [-0.05, 0) is 32.9 Å². The zero-order valence-corrected chi connectivity index (χ0v) is 14.0. The van der Waals surface area contributed by atoms with Gasteiger partial charge in [0.1, 0.15) is 0 Å². The van der Waals surface area contributed by atoms with E-state index in [4.69, 9.17) is 0 Å². The number of rotatable bonds is 7. The van der Waals surface area contributed by atoms with Gasteiger partial charge in [-0.2, -0.15) is 22.0 Å². The Labute approximate surface area is 135 Å². The van der Waals surface area contributed by atoms with Crippen LogP contribution in [0.3, 0.4) is 0 Å². The Balaban J connectivity index is 3.61. The summed E-state index contributed by atoms with van der Waals surface area (Å²) < 4.78 is 87.9. The van der Waals surface area contributed by atoms with Gasteiger partial charge >= 0.3 is 19.7 Å². The largest absolute Gasteiger partial charge is 0.460 e. The summed E-state index contributed by atoms with van der Waals surface area (Å²) in [6.45, 7) is 3.22. The number of alkyl halides is 5. The predicted molar refractivity (Wildman–Crippen MR) is 77.9 cm³/mol. The van der Waals surface area contributed by atoms with Crippen LogP contribution in [-0.4, -0.2) is 35.7 Å². The van der Waals surface area contributed by atoms with E-state index in [1.54, 1.807) is 0 Å². The molecule has 0 unspecified atom stereocenters. The van der Waals surface area contributed by atoms with Crippen LogP contribution in [0.15, 0.2) is 23.2 Å². The van der Waals surface area contributed by atoms with Crippen LogP contribution < -0.4 is 0 Å². The highest BCUT2D eigenvalue weighted by Crippen LogP contribution is 2.57. The van der Waals surface area contributed by atoms with Gasteiger partial charge in [0.2, 0.25) is 5.45 Å². The summed E-state index contributed by atoms with van der Waals surface area (Å²) in [5, 5.41) is 0. The second-order valence-electron chi connectivity index (χ2n) is 4.48. The average Bonchev–Trinajstić information content (AvgIpc) is 2.44. The van der Waals surface area contributed by atoms with Gasteiger partial charge in [0.05, 0.1) is 13.2 Å². The Hall–Kier alpha value is -1.38. The minimum atomic E-state index is -6.03. The van der Waals surface area contributed by atoms with Crippen LogP contribution in [0.2, 0.25) is 0 Å². The predicted octanol–water partition coefficient (Wildman–Crippen LogP) is 4.88. The maximum Gasteiger partial charge on any atom is 0.460 e. The van der Waals surface area contributed by atoms with Crippen molar-refractivity contribution in [3.63, 3.8) is 0 Å². The lowest BCUT2D eigenvalue weighted by atomic mass is 10.3. The van der Waals surface area contributed by atoms with Crippen molar-refractivity contribution < 1.29 is 35.6 Å². The molecule has 0 aromatic carbocycles. The van der Waals surface area contributed by atoms with Gasteiger partial charge in [-0.15, -0.1) is 0 Å². The summed E-state index contributed by atoms with van der Waals surface area (Å²) in [6.07, 6.45) is -6.03. The minimum absolute atomic E-state index is 0.327. The van der Waals surface area contributed by atoms with Crippen molar-refractivity contribution in [3.8, 4) is 0 Å². The topological polar surface area (TPSA) is 60.8 Å². The van der Waals surface area contributed by atoms with Crippen LogP contribution in [-0.2, 0) is 13.6 Å². The zero-order chi connectivity index (χ0) is 18.6. The van der Waals surface area contributed by atoms with E-state index < -0.39 is 44.2 Å². The van der Waals surface area contributed by atoms with Crippen LogP contribution >= 0.6 is 7.60 Å². The summed E-state index contributed by atoms with van der Waals surface area (Å²) in [5.41, 5.74) is -1.71. The van der Waals surface area contributed by atoms with E-state index in [0.717, 1.165) is 6.07 Å². The van der Waals surface area contributed by atoms with E-state index in [0.29, 0.717) is 5.69 Å². The maximum atomic E-state index is 13.9. The fourth-order valence-corrected chi connectivity index (χ4v) is 3.32. The molecule has 0 aliphatic carbocycles. The number of aromatic nitrogens is 1. The third-order valence-electron chi connectivity index (χ3n) is 2.59. The molecule has 1 heterocycles. The van der Waals surface area contributed by atoms with Crippen molar-refractivity contribution in [1.82, 2.24) is 4.98 Å². The van der Waals surface area contributed by atoms with Crippen molar-refractivity contribution in [2.75, 3.05) is 13.2 Å². The molecule has 0 amide bonds. The number of aliphatic imine (C=N–C) groups is 1. The molecule has 5 nitrogen and oxygen atoms in total. The Morgan fingerprint density at radius 2 is 1.71 bits per heavy atom. The Kier molecular flexibility index (Phi) is 6.60. The number of hydrogen-bond donors (Lipinski definition) is 0. The van der Waals surface area contributed by atoms with Gasteiger partial charge in [0, 0.05) is 5.69 Å². The third kappa shape index (κ3) is 4.58. The van der Waals surface area contributed by atoms with Crippen molar-refractivity contribution in [1.29, 1.82) is 0 Å². The lowest BCUT2D eigenvalue weighted by molar-refractivity contribution is -0.248. The molecular formula is C13H16F5N2O3P. The SMILES string of the molecule is CCOP(=O)(OCC)/C(=N/c1cccc(C)n1)C(F)(F)C(F)(F)F. The highest BCUT2D eigenvalue weighted by molar-refractivity contribution is 7.72. The quantitative estimate of drug-likeness (QED) is 0.388. The zero-order valence-electron chi connectivity index (χ0n) is 13.1. The lowest BCUT2D eigenvalue weighted by Gasteiger charge is -2.26. The molecule has 0 radical (unpaired) electrons. The first-order chi connectivity index (χ1) is 11.0. The summed E-state index contributed by atoms with van der Waals surface area (Å²) >= 11 is 0. The highest BCUT2D eigenvalue weighted by atomic mass is 31.2. The first-order valence-electron chi connectivity index (χ1n) is 6.85. The van der Waals surface area contributed by atoms with Crippen LogP contribution in [0.4, 0.5) is 27.8 Å². The molecule has 0 saturated heterocycles. The summed E-state index contributed by atoms with van der Waals surface area (Å²) in [4.78, 5) is 6.91. The van der Waals surface area contributed by atoms with Gasteiger partial charge in [0.25, 0.3) is 0 Å². The Morgan fingerprint density at radius 3 is 2.12 bits per heavy atom.